The molecule has 0 amide bonds. The minimum absolute atomic E-state index is 0.215. The van der Waals surface area contributed by atoms with Crippen LogP contribution in [0.5, 0.6) is 17.2 Å². The number of methoxy groups -OCH3 is 1. The number of carbonyl (C=O) groups is 1. The Morgan fingerprint density at radius 3 is 2.00 bits per heavy atom. The Morgan fingerprint density at radius 1 is 0.828 bits per heavy atom. The lowest BCUT2D eigenvalue weighted by Gasteiger charge is -2.13. The van der Waals surface area contributed by atoms with Gasteiger partial charge in [0.25, 0.3) is 0 Å². The molecular weight excluding hydrogens is 364 g/mol. The van der Waals surface area contributed by atoms with Gasteiger partial charge in [0.05, 0.1) is 12.7 Å². The number of aryl methyl sites for hydroxylation is 2. The maximum absolute atomic E-state index is 11.7. The van der Waals surface area contributed by atoms with Crippen LogP contribution in [0.1, 0.15) is 27.8 Å². The zero-order chi connectivity index (χ0) is 21.0. The first-order valence-electron chi connectivity index (χ1n) is 9.33. The SMILES string of the molecule is COc1ccc(/C(=C\c2ccc(Oc3c(C)ccc(C)c3C)cc2)C(=O)O)cc1. The normalized spacial score (nSPS) is 11.2. The van der Waals surface area contributed by atoms with E-state index in [1.54, 1.807) is 37.5 Å². The van der Waals surface area contributed by atoms with Gasteiger partial charge in [-0.3, -0.25) is 0 Å². The Kier molecular flexibility index (Phi) is 6.03. The van der Waals surface area contributed by atoms with Gasteiger partial charge in [-0.15, -0.1) is 0 Å². The molecule has 0 spiro atoms. The average molecular weight is 388 g/mol. The highest BCUT2D eigenvalue weighted by Gasteiger charge is 2.11. The van der Waals surface area contributed by atoms with Crippen molar-refractivity contribution in [3.05, 3.63) is 88.5 Å². The summed E-state index contributed by atoms with van der Waals surface area (Å²) in [7, 11) is 1.58. The van der Waals surface area contributed by atoms with Gasteiger partial charge in [0.2, 0.25) is 0 Å². The monoisotopic (exact) mass is 388 g/mol. The summed E-state index contributed by atoms with van der Waals surface area (Å²) in [5.41, 5.74) is 4.97. The molecule has 3 aromatic carbocycles. The van der Waals surface area contributed by atoms with E-state index in [0.29, 0.717) is 17.1 Å². The predicted molar refractivity (Wildman–Crippen MR) is 116 cm³/mol. The molecule has 0 fully saturated rings. The van der Waals surface area contributed by atoms with Gasteiger partial charge in [-0.2, -0.15) is 0 Å². The van der Waals surface area contributed by atoms with Crippen LogP contribution in [0.15, 0.2) is 60.7 Å². The number of carboxylic acids is 1. The van der Waals surface area contributed by atoms with Crippen molar-refractivity contribution < 1.29 is 19.4 Å². The fourth-order valence-corrected chi connectivity index (χ4v) is 3.04. The first-order valence-corrected chi connectivity index (χ1v) is 9.33. The van der Waals surface area contributed by atoms with Crippen LogP contribution >= 0.6 is 0 Å². The highest BCUT2D eigenvalue weighted by molar-refractivity contribution is 6.20. The summed E-state index contributed by atoms with van der Waals surface area (Å²) in [5, 5.41) is 9.63. The largest absolute Gasteiger partial charge is 0.497 e. The summed E-state index contributed by atoms with van der Waals surface area (Å²) >= 11 is 0. The fourth-order valence-electron chi connectivity index (χ4n) is 3.04. The van der Waals surface area contributed by atoms with E-state index in [4.69, 9.17) is 9.47 Å². The zero-order valence-electron chi connectivity index (χ0n) is 17.0. The third kappa shape index (κ3) is 4.66. The molecule has 0 saturated heterocycles. The molecule has 3 rings (SSSR count). The Balaban J connectivity index is 1.86. The van der Waals surface area contributed by atoms with Gasteiger partial charge in [-0.1, -0.05) is 36.4 Å². The fraction of sp³-hybridized carbons (Fsp3) is 0.160. The van der Waals surface area contributed by atoms with Crippen LogP contribution in [0.25, 0.3) is 11.6 Å². The minimum atomic E-state index is -0.985. The molecule has 0 atom stereocenters. The Bertz CT molecular complexity index is 1050. The van der Waals surface area contributed by atoms with E-state index in [-0.39, 0.29) is 5.57 Å². The molecule has 1 N–H and O–H groups in total. The van der Waals surface area contributed by atoms with Gasteiger partial charge in [-0.25, -0.2) is 4.79 Å². The van der Waals surface area contributed by atoms with Crippen LogP contribution in [0.4, 0.5) is 0 Å². The van der Waals surface area contributed by atoms with Crippen LogP contribution in [0.3, 0.4) is 0 Å². The van der Waals surface area contributed by atoms with Gasteiger partial charge >= 0.3 is 5.97 Å². The van der Waals surface area contributed by atoms with E-state index in [1.165, 1.54) is 5.56 Å². The highest BCUT2D eigenvalue weighted by Crippen LogP contribution is 2.31. The van der Waals surface area contributed by atoms with Gasteiger partial charge < -0.3 is 14.6 Å². The third-order valence-corrected chi connectivity index (χ3v) is 4.92. The number of aliphatic carboxylic acids is 1. The molecule has 148 valence electrons. The Hall–Kier alpha value is -3.53. The van der Waals surface area contributed by atoms with Crippen LogP contribution in [0.2, 0.25) is 0 Å². The van der Waals surface area contributed by atoms with E-state index < -0.39 is 5.97 Å². The van der Waals surface area contributed by atoms with Gasteiger partial charge in [0, 0.05) is 0 Å². The zero-order valence-corrected chi connectivity index (χ0v) is 17.0. The summed E-state index contributed by atoms with van der Waals surface area (Å²) < 4.78 is 11.2. The molecule has 4 heteroatoms. The van der Waals surface area contributed by atoms with E-state index in [0.717, 1.165) is 22.4 Å². The second-order valence-corrected chi connectivity index (χ2v) is 6.92. The van der Waals surface area contributed by atoms with Gasteiger partial charge in [0.1, 0.15) is 17.2 Å². The standard InChI is InChI=1S/C25H24O4/c1-16-5-6-17(2)24(18(16)3)29-22-11-7-19(8-12-22)15-23(25(26)27)20-9-13-21(28-4)14-10-20/h5-15H,1-4H3,(H,26,27)/b23-15+. The molecule has 3 aromatic rings. The highest BCUT2D eigenvalue weighted by atomic mass is 16.5. The molecular formula is C25H24O4. The molecule has 4 nitrogen and oxygen atoms in total. The predicted octanol–water partition coefficient (Wildman–Crippen LogP) is 6.04. The van der Waals surface area contributed by atoms with Crippen molar-refractivity contribution in [1.29, 1.82) is 0 Å². The van der Waals surface area contributed by atoms with Crippen molar-refractivity contribution in [2.45, 2.75) is 20.8 Å². The van der Waals surface area contributed by atoms with Gasteiger partial charge in [-0.05, 0) is 78.9 Å². The smallest absolute Gasteiger partial charge is 0.336 e. The van der Waals surface area contributed by atoms with E-state index in [1.807, 2.05) is 44.2 Å². The molecule has 0 unspecified atom stereocenters. The Morgan fingerprint density at radius 2 is 1.41 bits per heavy atom. The van der Waals surface area contributed by atoms with Crippen LogP contribution in [-0.4, -0.2) is 18.2 Å². The van der Waals surface area contributed by atoms with Crippen molar-refractivity contribution in [2.24, 2.45) is 0 Å². The van der Waals surface area contributed by atoms with Crippen molar-refractivity contribution >= 4 is 17.6 Å². The molecule has 0 bridgehead atoms. The van der Waals surface area contributed by atoms with E-state index in [9.17, 15) is 9.90 Å². The van der Waals surface area contributed by atoms with E-state index >= 15 is 0 Å². The average Bonchev–Trinajstić information content (AvgIpc) is 2.73. The molecule has 0 aliphatic rings. The second kappa shape index (κ2) is 8.65. The maximum Gasteiger partial charge on any atom is 0.336 e. The number of rotatable bonds is 6. The molecule has 0 aliphatic carbocycles. The Labute approximate surface area is 171 Å². The summed E-state index contributed by atoms with van der Waals surface area (Å²) in [5.74, 6) is 1.27. The van der Waals surface area contributed by atoms with Crippen LogP contribution in [-0.2, 0) is 4.79 Å². The summed E-state index contributed by atoms with van der Waals surface area (Å²) in [4.78, 5) is 11.7. The maximum atomic E-state index is 11.7. The van der Waals surface area contributed by atoms with E-state index in [2.05, 4.69) is 13.0 Å². The van der Waals surface area contributed by atoms with Crippen LogP contribution < -0.4 is 9.47 Å². The lowest BCUT2D eigenvalue weighted by Crippen LogP contribution is -1.99. The second-order valence-electron chi connectivity index (χ2n) is 6.92. The summed E-state index contributed by atoms with van der Waals surface area (Å²) in [6, 6.07) is 18.5. The van der Waals surface area contributed by atoms with Crippen molar-refractivity contribution in [2.75, 3.05) is 7.11 Å². The molecule has 0 aliphatic heterocycles. The number of hydrogen-bond acceptors (Lipinski definition) is 3. The topological polar surface area (TPSA) is 55.8 Å². The quantitative estimate of drug-likeness (QED) is 0.413. The van der Waals surface area contributed by atoms with Crippen molar-refractivity contribution in [3.8, 4) is 17.2 Å². The number of ether oxygens (including phenoxy) is 2. The molecule has 0 saturated carbocycles. The lowest BCUT2D eigenvalue weighted by atomic mass is 10.0. The first kappa shape index (κ1) is 20.2. The van der Waals surface area contributed by atoms with Crippen molar-refractivity contribution in [1.82, 2.24) is 0 Å². The molecule has 0 aromatic heterocycles. The number of carboxylic acid groups (broad SMARTS) is 1. The molecule has 29 heavy (non-hydrogen) atoms. The number of benzene rings is 3. The number of hydrogen-bond donors (Lipinski definition) is 1. The molecule has 0 radical (unpaired) electrons. The minimum Gasteiger partial charge on any atom is -0.497 e. The molecule has 0 heterocycles. The third-order valence-electron chi connectivity index (χ3n) is 4.92. The lowest BCUT2D eigenvalue weighted by molar-refractivity contribution is -0.130. The summed E-state index contributed by atoms with van der Waals surface area (Å²) in [6.07, 6.45) is 1.65. The first-order chi connectivity index (χ1) is 13.9. The van der Waals surface area contributed by atoms with Crippen molar-refractivity contribution in [3.63, 3.8) is 0 Å². The summed E-state index contributed by atoms with van der Waals surface area (Å²) in [6.45, 7) is 6.12. The van der Waals surface area contributed by atoms with Gasteiger partial charge in [0.15, 0.2) is 0 Å². The van der Waals surface area contributed by atoms with Crippen LogP contribution in [0, 0.1) is 20.8 Å².